The maximum atomic E-state index is 13.1. The third-order valence-electron chi connectivity index (χ3n) is 2.50. The van der Waals surface area contributed by atoms with Crippen LogP contribution in [0.25, 0.3) is 0 Å². The first-order valence-electron chi connectivity index (χ1n) is 4.89. The van der Waals surface area contributed by atoms with Gasteiger partial charge in [-0.05, 0) is 31.2 Å². The fraction of sp³-hybridized carbons (Fsp3) is 0.364. The highest BCUT2D eigenvalue weighted by molar-refractivity contribution is 5.74. The Morgan fingerprint density at radius 1 is 1.56 bits per heavy atom. The smallest absolute Gasteiger partial charge is 0.322 e. The lowest BCUT2D eigenvalue weighted by Crippen LogP contribution is -2.42. The number of carbonyl (C=O) groups is 1. The van der Waals surface area contributed by atoms with Crippen molar-refractivity contribution >= 4 is 5.97 Å². The van der Waals surface area contributed by atoms with E-state index in [2.05, 4.69) is 5.32 Å². The molecule has 1 rings (SSSR count). The van der Waals surface area contributed by atoms with E-state index in [-0.39, 0.29) is 5.82 Å². The fourth-order valence-electron chi connectivity index (χ4n) is 1.56. The van der Waals surface area contributed by atoms with Crippen molar-refractivity contribution in [2.24, 2.45) is 5.73 Å². The number of halogens is 1. The highest BCUT2D eigenvalue weighted by Gasteiger charge is 2.24. The summed E-state index contributed by atoms with van der Waals surface area (Å²) in [4.78, 5) is 10.8. The monoisotopic (exact) mass is 226 g/mol. The van der Waals surface area contributed by atoms with Crippen molar-refractivity contribution in [1.82, 2.24) is 5.32 Å². The van der Waals surface area contributed by atoms with Crippen molar-refractivity contribution < 1.29 is 14.3 Å². The number of aliphatic carboxylic acids is 1. The normalized spacial score (nSPS) is 14.5. The molecule has 0 heterocycles. The molecule has 16 heavy (non-hydrogen) atoms. The minimum Gasteiger partial charge on any atom is -0.480 e. The molecule has 0 aliphatic carbocycles. The number of aryl methyl sites for hydroxylation is 1. The Bertz CT molecular complexity index is 396. The summed E-state index contributed by atoms with van der Waals surface area (Å²) >= 11 is 0. The lowest BCUT2D eigenvalue weighted by molar-refractivity contribution is -0.139. The van der Waals surface area contributed by atoms with E-state index in [9.17, 15) is 9.18 Å². The molecule has 88 valence electrons. The largest absolute Gasteiger partial charge is 0.480 e. The van der Waals surface area contributed by atoms with Crippen molar-refractivity contribution in [2.45, 2.75) is 19.0 Å². The Labute approximate surface area is 93.3 Å². The van der Waals surface area contributed by atoms with Crippen LogP contribution in [0, 0.1) is 12.7 Å². The minimum atomic E-state index is -1.10. The molecule has 2 atom stereocenters. The zero-order chi connectivity index (χ0) is 12.3. The van der Waals surface area contributed by atoms with E-state index in [1.807, 2.05) is 0 Å². The summed E-state index contributed by atoms with van der Waals surface area (Å²) in [6, 6.07) is 2.85. The molecule has 4 nitrogen and oxygen atoms in total. The lowest BCUT2D eigenvalue weighted by atomic mass is 9.98. The average molecular weight is 226 g/mol. The molecular formula is C11H15FN2O2. The van der Waals surface area contributed by atoms with Crippen LogP contribution in [0.15, 0.2) is 18.2 Å². The van der Waals surface area contributed by atoms with Gasteiger partial charge in [-0.3, -0.25) is 4.79 Å². The number of carboxylic acids is 1. The predicted molar refractivity (Wildman–Crippen MR) is 58.5 cm³/mol. The number of carboxylic acid groups (broad SMARTS) is 1. The molecular weight excluding hydrogens is 211 g/mol. The van der Waals surface area contributed by atoms with E-state index >= 15 is 0 Å². The molecule has 0 fully saturated rings. The average Bonchev–Trinajstić information content (AvgIpc) is 2.24. The fourth-order valence-corrected chi connectivity index (χ4v) is 1.56. The molecule has 0 aromatic heterocycles. The molecule has 0 amide bonds. The third kappa shape index (κ3) is 2.56. The van der Waals surface area contributed by atoms with Crippen LogP contribution in [-0.2, 0) is 4.79 Å². The van der Waals surface area contributed by atoms with Gasteiger partial charge in [-0.2, -0.15) is 0 Å². The maximum Gasteiger partial charge on any atom is 0.322 e. The zero-order valence-corrected chi connectivity index (χ0v) is 9.20. The predicted octanol–water partition coefficient (Wildman–Crippen LogP) is 0.807. The Morgan fingerprint density at radius 3 is 2.62 bits per heavy atom. The van der Waals surface area contributed by atoms with Gasteiger partial charge in [0.25, 0.3) is 0 Å². The third-order valence-corrected chi connectivity index (χ3v) is 2.50. The van der Waals surface area contributed by atoms with E-state index in [0.717, 1.165) is 0 Å². The van der Waals surface area contributed by atoms with Crippen molar-refractivity contribution in [3.63, 3.8) is 0 Å². The number of nitrogens with one attached hydrogen (secondary N) is 1. The summed E-state index contributed by atoms with van der Waals surface area (Å²) in [5, 5.41) is 11.6. The quantitative estimate of drug-likeness (QED) is 0.710. The minimum absolute atomic E-state index is 0.317. The van der Waals surface area contributed by atoms with Crippen LogP contribution >= 0.6 is 0 Å². The summed E-state index contributed by atoms with van der Waals surface area (Å²) in [7, 11) is 1.62. The Morgan fingerprint density at radius 2 is 2.19 bits per heavy atom. The van der Waals surface area contributed by atoms with Crippen LogP contribution in [-0.4, -0.2) is 24.2 Å². The maximum absolute atomic E-state index is 13.1. The molecule has 1 aromatic rings. The van der Waals surface area contributed by atoms with Crippen molar-refractivity contribution in [3.05, 3.63) is 35.1 Å². The summed E-state index contributed by atoms with van der Waals surface area (Å²) in [6.07, 6.45) is 0. The van der Waals surface area contributed by atoms with Gasteiger partial charge < -0.3 is 16.2 Å². The van der Waals surface area contributed by atoms with Crippen LogP contribution < -0.4 is 11.1 Å². The summed E-state index contributed by atoms with van der Waals surface area (Å²) < 4.78 is 13.1. The standard InChI is InChI=1S/C11H15FN2O2/c1-6-5-7(3-4-8(6)12)10(14-2)9(13)11(15)16/h3-5,9-10,14H,13H2,1-2H3,(H,15,16). The van der Waals surface area contributed by atoms with E-state index in [0.29, 0.717) is 11.1 Å². The van der Waals surface area contributed by atoms with E-state index < -0.39 is 18.1 Å². The molecule has 2 unspecified atom stereocenters. The van der Waals surface area contributed by atoms with Gasteiger partial charge in [-0.15, -0.1) is 0 Å². The Hall–Kier alpha value is -1.46. The molecule has 0 bridgehead atoms. The second kappa shape index (κ2) is 5.05. The van der Waals surface area contributed by atoms with E-state index in [4.69, 9.17) is 10.8 Å². The number of benzene rings is 1. The molecule has 0 aliphatic heterocycles. The Balaban J connectivity index is 3.04. The molecule has 0 radical (unpaired) electrons. The number of hydrogen-bond donors (Lipinski definition) is 3. The van der Waals surface area contributed by atoms with Gasteiger partial charge >= 0.3 is 5.97 Å². The van der Waals surface area contributed by atoms with Crippen LogP contribution in [0.2, 0.25) is 0 Å². The molecule has 5 heteroatoms. The summed E-state index contributed by atoms with van der Waals surface area (Å²) in [5.41, 5.74) is 6.67. The molecule has 0 saturated carbocycles. The van der Waals surface area contributed by atoms with Crippen LogP contribution in [0.5, 0.6) is 0 Å². The van der Waals surface area contributed by atoms with Crippen LogP contribution in [0.1, 0.15) is 17.2 Å². The van der Waals surface area contributed by atoms with Gasteiger partial charge in [0, 0.05) is 0 Å². The molecule has 4 N–H and O–H groups in total. The zero-order valence-electron chi connectivity index (χ0n) is 9.20. The second-order valence-corrected chi connectivity index (χ2v) is 3.64. The van der Waals surface area contributed by atoms with Crippen molar-refractivity contribution in [3.8, 4) is 0 Å². The van der Waals surface area contributed by atoms with Gasteiger partial charge in [-0.25, -0.2) is 4.39 Å². The molecule has 0 spiro atoms. The number of hydrogen-bond acceptors (Lipinski definition) is 3. The SMILES string of the molecule is CNC(c1ccc(F)c(C)c1)C(N)C(=O)O. The lowest BCUT2D eigenvalue weighted by Gasteiger charge is -2.21. The first kappa shape index (κ1) is 12.6. The number of nitrogens with two attached hydrogens (primary N) is 1. The molecule has 0 aliphatic rings. The first-order chi connectivity index (χ1) is 7.47. The molecule has 0 saturated heterocycles. The Kier molecular flexibility index (Phi) is 3.98. The summed E-state index contributed by atoms with van der Waals surface area (Å²) in [6.45, 7) is 1.62. The van der Waals surface area contributed by atoms with Gasteiger partial charge in [0.2, 0.25) is 0 Å². The number of rotatable bonds is 4. The highest BCUT2D eigenvalue weighted by Crippen LogP contribution is 2.18. The van der Waals surface area contributed by atoms with Crippen molar-refractivity contribution in [2.75, 3.05) is 7.05 Å². The topological polar surface area (TPSA) is 75.3 Å². The van der Waals surface area contributed by atoms with Crippen molar-refractivity contribution in [1.29, 1.82) is 0 Å². The first-order valence-corrected chi connectivity index (χ1v) is 4.89. The van der Waals surface area contributed by atoms with Gasteiger partial charge in [0.1, 0.15) is 11.9 Å². The highest BCUT2D eigenvalue weighted by atomic mass is 19.1. The van der Waals surface area contributed by atoms with Gasteiger partial charge in [0.05, 0.1) is 6.04 Å². The van der Waals surface area contributed by atoms with Gasteiger partial charge in [0.15, 0.2) is 0 Å². The van der Waals surface area contributed by atoms with E-state index in [1.165, 1.54) is 12.1 Å². The van der Waals surface area contributed by atoms with Crippen LogP contribution in [0.3, 0.4) is 0 Å². The van der Waals surface area contributed by atoms with Crippen LogP contribution in [0.4, 0.5) is 4.39 Å². The second-order valence-electron chi connectivity index (χ2n) is 3.64. The van der Waals surface area contributed by atoms with E-state index in [1.54, 1.807) is 20.0 Å². The van der Waals surface area contributed by atoms with Gasteiger partial charge in [-0.1, -0.05) is 12.1 Å². The summed E-state index contributed by atoms with van der Waals surface area (Å²) in [5.74, 6) is -1.41. The molecule has 1 aromatic carbocycles. The number of likely N-dealkylation sites (N-methyl/N-ethyl adjacent to an activating group) is 1.